The molecular weight excluding hydrogens is 277 g/mol. The van der Waals surface area contributed by atoms with E-state index in [-0.39, 0.29) is 17.1 Å². The molecule has 0 atom stereocenters. The average molecular weight is 287 g/mol. The maximum Gasteiger partial charge on any atom is 0.196 e. The van der Waals surface area contributed by atoms with Gasteiger partial charge in [0.2, 0.25) is 0 Å². The molecule has 4 nitrogen and oxygen atoms in total. The van der Waals surface area contributed by atoms with Gasteiger partial charge >= 0.3 is 0 Å². The molecule has 2 heterocycles. The van der Waals surface area contributed by atoms with Crippen LogP contribution in [0.2, 0.25) is 0 Å². The van der Waals surface area contributed by atoms with Crippen molar-refractivity contribution in [2.75, 3.05) is 5.75 Å². The molecule has 6 heteroatoms. The SMILES string of the molecule is O=C(CSc1nnc2ccccn12)c1ccccc1F. The van der Waals surface area contributed by atoms with Crippen molar-refractivity contribution in [1.82, 2.24) is 14.6 Å². The van der Waals surface area contributed by atoms with E-state index in [1.165, 1.54) is 23.9 Å². The molecule has 3 aromatic rings. The number of carbonyl (C=O) groups is 1. The summed E-state index contributed by atoms with van der Waals surface area (Å²) in [5, 5.41) is 8.62. The third-order valence-corrected chi connectivity index (χ3v) is 3.73. The molecule has 0 saturated heterocycles. The molecule has 1 aromatic carbocycles. The Morgan fingerprint density at radius 3 is 2.80 bits per heavy atom. The molecule has 0 fully saturated rings. The number of aromatic nitrogens is 3. The molecule has 0 unspecified atom stereocenters. The Labute approximate surface area is 118 Å². The Hall–Kier alpha value is -2.21. The van der Waals surface area contributed by atoms with E-state index in [4.69, 9.17) is 0 Å². The quantitative estimate of drug-likeness (QED) is 0.547. The summed E-state index contributed by atoms with van der Waals surface area (Å²) in [6.45, 7) is 0. The van der Waals surface area contributed by atoms with Gasteiger partial charge in [0.15, 0.2) is 16.6 Å². The molecule has 0 aliphatic carbocycles. The van der Waals surface area contributed by atoms with Gasteiger partial charge in [0, 0.05) is 6.20 Å². The van der Waals surface area contributed by atoms with Crippen LogP contribution in [0.5, 0.6) is 0 Å². The number of halogens is 1. The summed E-state index contributed by atoms with van der Waals surface area (Å²) in [6, 6.07) is 11.5. The number of fused-ring (bicyclic) bond motifs is 1. The van der Waals surface area contributed by atoms with Crippen LogP contribution in [0.3, 0.4) is 0 Å². The number of nitrogens with zero attached hydrogens (tertiary/aromatic N) is 3. The van der Waals surface area contributed by atoms with Crippen molar-refractivity contribution in [3.63, 3.8) is 0 Å². The highest BCUT2D eigenvalue weighted by molar-refractivity contribution is 7.99. The van der Waals surface area contributed by atoms with Crippen LogP contribution < -0.4 is 0 Å². The summed E-state index contributed by atoms with van der Waals surface area (Å²) in [7, 11) is 0. The van der Waals surface area contributed by atoms with Gasteiger partial charge in [0.25, 0.3) is 0 Å². The van der Waals surface area contributed by atoms with Gasteiger partial charge in [-0.3, -0.25) is 9.20 Å². The van der Waals surface area contributed by atoms with E-state index in [0.29, 0.717) is 10.8 Å². The number of pyridine rings is 1. The van der Waals surface area contributed by atoms with Crippen LogP contribution in [-0.2, 0) is 0 Å². The fraction of sp³-hybridized carbons (Fsp3) is 0.0714. The minimum atomic E-state index is -0.496. The predicted octanol–water partition coefficient (Wildman–Crippen LogP) is 2.84. The largest absolute Gasteiger partial charge is 0.293 e. The van der Waals surface area contributed by atoms with Crippen molar-refractivity contribution in [3.8, 4) is 0 Å². The fourth-order valence-corrected chi connectivity index (χ4v) is 2.62. The summed E-state index contributed by atoms with van der Waals surface area (Å²) in [6.07, 6.45) is 1.82. The van der Waals surface area contributed by atoms with Crippen LogP contribution in [0.15, 0.2) is 53.8 Å². The molecule has 100 valence electrons. The lowest BCUT2D eigenvalue weighted by Gasteiger charge is -2.01. The zero-order valence-corrected chi connectivity index (χ0v) is 11.2. The molecule has 0 amide bonds. The normalized spacial score (nSPS) is 10.8. The first kappa shape index (κ1) is 12.8. The topological polar surface area (TPSA) is 47.3 Å². The Morgan fingerprint density at radius 1 is 1.15 bits per heavy atom. The fourth-order valence-electron chi connectivity index (χ4n) is 1.81. The molecule has 0 aliphatic rings. The Balaban J connectivity index is 1.77. The van der Waals surface area contributed by atoms with Crippen LogP contribution in [0.1, 0.15) is 10.4 Å². The van der Waals surface area contributed by atoms with Crippen molar-refractivity contribution in [1.29, 1.82) is 0 Å². The van der Waals surface area contributed by atoms with Crippen LogP contribution in [0.4, 0.5) is 4.39 Å². The van der Waals surface area contributed by atoms with Gasteiger partial charge in [-0.25, -0.2) is 4.39 Å². The van der Waals surface area contributed by atoms with E-state index in [1.54, 1.807) is 16.5 Å². The third-order valence-electron chi connectivity index (χ3n) is 2.79. The summed E-state index contributed by atoms with van der Waals surface area (Å²) in [5.74, 6) is -0.638. The molecule has 3 rings (SSSR count). The third kappa shape index (κ3) is 2.42. The van der Waals surface area contributed by atoms with Crippen molar-refractivity contribution < 1.29 is 9.18 Å². The number of carbonyl (C=O) groups excluding carboxylic acids is 1. The number of ketones is 1. The lowest BCUT2D eigenvalue weighted by atomic mass is 10.1. The Bertz CT molecular complexity index is 772. The van der Waals surface area contributed by atoms with Gasteiger partial charge < -0.3 is 0 Å². The molecule has 0 radical (unpaired) electrons. The number of rotatable bonds is 4. The van der Waals surface area contributed by atoms with Crippen LogP contribution in [-0.4, -0.2) is 26.1 Å². The van der Waals surface area contributed by atoms with Crippen LogP contribution in [0, 0.1) is 5.82 Å². The lowest BCUT2D eigenvalue weighted by Crippen LogP contribution is -2.05. The number of hydrogen-bond acceptors (Lipinski definition) is 4. The van der Waals surface area contributed by atoms with Crippen LogP contribution >= 0.6 is 11.8 Å². The minimum absolute atomic E-state index is 0.105. The van der Waals surface area contributed by atoms with Crippen molar-refractivity contribution >= 4 is 23.2 Å². The standard InChI is InChI=1S/C14H10FN3OS/c15-11-6-2-1-5-10(11)12(19)9-20-14-17-16-13-7-3-4-8-18(13)14/h1-8H,9H2. The first-order chi connectivity index (χ1) is 9.75. The number of Topliss-reactive ketones (excluding diaryl/α,β-unsaturated/α-hetero) is 1. The van der Waals surface area contributed by atoms with Gasteiger partial charge in [-0.05, 0) is 24.3 Å². The van der Waals surface area contributed by atoms with E-state index in [2.05, 4.69) is 10.2 Å². The van der Waals surface area contributed by atoms with E-state index in [1.807, 2.05) is 24.4 Å². The van der Waals surface area contributed by atoms with E-state index >= 15 is 0 Å². The van der Waals surface area contributed by atoms with Gasteiger partial charge in [0.05, 0.1) is 11.3 Å². The monoisotopic (exact) mass is 287 g/mol. The highest BCUT2D eigenvalue weighted by Crippen LogP contribution is 2.19. The molecule has 2 aromatic heterocycles. The van der Waals surface area contributed by atoms with Gasteiger partial charge in [-0.15, -0.1) is 10.2 Å². The van der Waals surface area contributed by atoms with Crippen LogP contribution in [0.25, 0.3) is 5.65 Å². The maximum absolute atomic E-state index is 13.5. The molecular formula is C14H10FN3OS. The Kier molecular flexibility index (Phi) is 3.47. The second kappa shape index (κ2) is 5.42. The first-order valence-corrected chi connectivity index (χ1v) is 6.94. The molecule has 0 saturated carbocycles. The summed E-state index contributed by atoms with van der Waals surface area (Å²) in [5.41, 5.74) is 0.821. The summed E-state index contributed by atoms with van der Waals surface area (Å²) >= 11 is 1.24. The molecule has 20 heavy (non-hydrogen) atoms. The molecule has 0 aliphatic heterocycles. The van der Waals surface area contributed by atoms with E-state index in [0.717, 1.165) is 0 Å². The second-order valence-electron chi connectivity index (χ2n) is 4.10. The van der Waals surface area contributed by atoms with Crippen molar-refractivity contribution in [3.05, 3.63) is 60.0 Å². The van der Waals surface area contributed by atoms with Gasteiger partial charge in [-0.2, -0.15) is 0 Å². The maximum atomic E-state index is 13.5. The average Bonchev–Trinajstić information content (AvgIpc) is 2.88. The zero-order valence-electron chi connectivity index (χ0n) is 10.4. The molecule has 0 spiro atoms. The minimum Gasteiger partial charge on any atom is -0.293 e. The lowest BCUT2D eigenvalue weighted by molar-refractivity contribution is 0.101. The Morgan fingerprint density at radius 2 is 1.95 bits per heavy atom. The highest BCUT2D eigenvalue weighted by Gasteiger charge is 2.13. The molecule has 0 bridgehead atoms. The highest BCUT2D eigenvalue weighted by atomic mass is 32.2. The number of hydrogen-bond donors (Lipinski definition) is 0. The predicted molar refractivity (Wildman–Crippen MR) is 74.4 cm³/mol. The first-order valence-electron chi connectivity index (χ1n) is 5.96. The van der Waals surface area contributed by atoms with E-state index in [9.17, 15) is 9.18 Å². The van der Waals surface area contributed by atoms with Gasteiger partial charge in [0.1, 0.15) is 5.82 Å². The molecule has 0 N–H and O–H groups in total. The van der Waals surface area contributed by atoms with Crippen molar-refractivity contribution in [2.24, 2.45) is 0 Å². The smallest absolute Gasteiger partial charge is 0.196 e. The van der Waals surface area contributed by atoms with E-state index < -0.39 is 5.82 Å². The van der Waals surface area contributed by atoms with Crippen molar-refractivity contribution in [2.45, 2.75) is 5.16 Å². The summed E-state index contributed by atoms with van der Waals surface area (Å²) < 4.78 is 15.3. The second-order valence-corrected chi connectivity index (χ2v) is 5.05. The summed E-state index contributed by atoms with van der Waals surface area (Å²) in [4.78, 5) is 12.0. The number of thioether (sulfide) groups is 1. The zero-order chi connectivity index (χ0) is 13.9. The van der Waals surface area contributed by atoms with Gasteiger partial charge in [-0.1, -0.05) is 30.0 Å². The number of benzene rings is 1.